The smallest absolute Gasteiger partial charge is 0.379 e. The molecule has 0 aliphatic carbocycles. The Morgan fingerprint density at radius 1 is 1.44 bits per heavy atom. The van der Waals surface area contributed by atoms with E-state index in [1.807, 2.05) is 5.32 Å². The fourth-order valence-electron chi connectivity index (χ4n) is 0.940. The molecule has 0 aromatic carbocycles. The van der Waals surface area contributed by atoms with Crippen LogP contribution in [-0.4, -0.2) is 33.6 Å². The van der Waals surface area contributed by atoms with Crippen LogP contribution in [0.5, 0.6) is 0 Å². The minimum absolute atomic E-state index is 0.305. The lowest BCUT2D eigenvalue weighted by atomic mass is 9.96. The van der Waals surface area contributed by atoms with Crippen LogP contribution in [0, 0.1) is 0 Å². The Labute approximate surface area is 90.2 Å². The van der Waals surface area contributed by atoms with Crippen molar-refractivity contribution in [2.45, 2.75) is 18.4 Å². The molecule has 1 rings (SSSR count). The molecule has 88 valence electrons. The molecule has 5 nitrogen and oxygen atoms in total. The van der Waals surface area contributed by atoms with Crippen LogP contribution in [-0.2, 0) is 19.1 Å². The number of carbonyl (C=O) groups excluding carboxylic acids is 1. The SMILES string of the molecule is [B][C@@H]1NC(=O)C(C)=C1OS(=O)(=O)C(F)(F)F. The Hall–Kier alpha value is -1.19. The summed E-state index contributed by atoms with van der Waals surface area (Å²) < 4.78 is 60.9. The van der Waals surface area contributed by atoms with E-state index >= 15 is 0 Å². The predicted molar refractivity (Wildman–Crippen MR) is 46.4 cm³/mol. The molecule has 0 aromatic rings. The average Bonchev–Trinajstić information content (AvgIpc) is 2.30. The van der Waals surface area contributed by atoms with Gasteiger partial charge in [-0.05, 0) is 6.92 Å². The highest BCUT2D eigenvalue weighted by atomic mass is 32.2. The lowest BCUT2D eigenvalue weighted by Crippen LogP contribution is -2.32. The third-order valence-corrected chi connectivity index (χ3v) is 2.73. The van der Waals surface area contributed by atoms with Crippen molar-refractivity contribution in [2.24, 2.45) is 0 Å². The van der Waals surface area contributed by atoms with Gasteiger partial charge in [0.1, 0.15) is 13.6 Å². The number of carbonyl (C=O) groups is 1. The summed E-state index contributed by atoms with van der Waals surface area (Å²) in [5, 5.41) is 2.00. The number of amides is 1. The fraction of sp³-hybridized carbons (Fsp3) is 0.500. The van der Waals surface area contributed by atoms with Crippen molar-refractivity contribution in [3.63, 3.8) is 0 Å². The van der Waals surface area contributed by atoms with Gasteiger partial charge in [0.25, 0.3) is 0 Å². The molecular weight excluding hydrogens is 250 g/mol. The van der Waals surface area contributed by atoms with Gasteiger partial charge in [-0.25, -0.2) is 0 Å². The summed E-state index contributed by atoms with van der Waals surface area (Å²) >= 11 is 0. The first-order valence-corrected chi connectivity index (χ1v) is 5.25. The van der Waals surface area contributed by atoms with E-state index in [1.54, 1.807) is 0 Å². The predicted octanol–water partition coefficient (Wildman–Crippen LogP) is -0.249. The minimum Gasteiger partial charge on any atom is -0.379 e. The maximum atomic E-state index is 12.0. The van der Waals surface area contributed by atoms with E-state index in [2.05, 4.69) is 4.18 Å². The first-order chi connectivity index (χ1) is 7.06. The molecule has 0 unspecified atom stereocenters. The number of halogens is 3. The molecular formula is C6H5BF3NO4S. The van der Waals surface area contributed by atoms with Crippen molar-refractivity contribution in [3.8, 4) is 0 Å². The van der Waals surface area contributed by atoms with E-state index in [4.69, 9.17) is 7.85 Å². The third kappa shape index (κ3) is 2.15. The van der Waals surface area contributed by atoms with Crippen LogP contribution < -0.4 is 5.32 Å². The van der Waals surface area contributed by atoms with Crippen molar-refractivity contribution >= 4 is 23.9 Å². The summed E-state index contributed by atoms with van der Waals surface area (Å²) in [6, 6.07) is 0. The number of rotatable bonds is 2. The van der Waals surface area contributed by atoms with Gasteiger partial charge >= 0.3 is 15.6 Å². The highest BCUT2D eigenvalue weighted by Crippen LogP contribution is 2.29. The van der Waals surface area contributed by atoms with E-state index in [9.17, 15) is 26.4 Å². The minimum atomic E-state index is -5.80. The highest BCUT2D eigenvalue weighted by Gasteiger charge is 2.50. The molecule has 1 N–H and O–H groups in total. The quantitative estimate of drug-likeness (QED) is 0.419. The molecule has 0 aromatic heterocycles. The van der Waals surface area contributed by atoms with E-state index < -0.39 is 33.2 Å². The molecule has 10 heteroatoms. The average molecular weight is 255 g/mol. The molecule has 2 radical (unpaired) electrons. The van der Waals surface area contributed by atoms with Crippen LogP contribution in [0.3, 0.4) is 0 Å². The molecule has 16 heavy (non-hydrogen) atoms. The lowest BCUT2D eigenvalue weighted by molar-refractivity contribution is -0.116. The van der Waals surface area contributed by atoms with Gasteiger partial charge in [-0.2, -0.15) is 21.6 Å². The van der Waals surface area contributed by atoms with E-state index in [0.29, 0.717) is 0 Å². The van der Waals surface area contributed by atoms with Crippen molar-refractivity contribution in [2.75, 3.05) is 0 Å². The van der Waals surface area contributed by atoms with Gasteiger partial charge in [0.2, 0.25) is 5.91 Å². The number of alkyl halides is 3. The van der Waals surface area contributed by atoms with Crippen LogP contribution in [0.1, 0.15) is 6.92 Å². The Morgan fingerprint density at radius 2 is 1.94 bits per heavy atom. The molecule has 0 spiro atoms. The lowest BCUT2D eigenvalue weighted by Gasteiger charge is -2.13. The number of hydrogen-bond donors (Lipinski definition) is 1. The van der Waals surface area contributed by atoms with E-state index in [0.717, 1.165) is 6.92 Å². The molecule has 1 atom stereocenters. The monoisotopic (exact) mass is 255 g/mol. The van der Waals surface area contributed by atoms with E-state index in [-0.39, 0.29) is 5.57 Å². The van der Waals surface area contributed by atoms with Gasteiger partial charge < -0.3 is 9.50 Å². The second-order valence-electron chi connectivity index (χ2n) is 2.92. The Morgan fingerprint density at radius 3 is 2.25 bits per heavy atom. The normalized spacial score (nSPS) is 22.2. The van der Waals surface area contributed by atoms with Crippen molar-refractivity contribution in [1.29, 1.82) is 0 Å². The van der Waals surface area contributed by atoms with Gasteiger partial charge in [0, 0.05) is 5.94 Å². The molecule has 0 saturated carbocycles. The molecule has 0 fully saturated rings. The number of hydrogen-bond acceptors (Lipinski definition) is 4. The maximum absolute atomic E-state index is 12.0. The summed E-state index contributed by atoms with van der Waals surface area (Å²) in [6.07, 6.45) is 0. The summed E-state index contributed by atoms with van der Waals surface area (Å²) in [6.45, 7) is 1.10. The third-order valence-electron chi connectivity index (χ3n) is 1.76. The summed E-state index contributed by atoms with van der Waals surface area (Å²) in [5.41, 5.74) is -5.87. The molecule has 0 saturated heterocycles. The highest BCUT2D eigenvalue weighted by molar-refractivity contribution is 7.87. The Kier molecular flexibility index (Phi) is 2.97. The molecule has 1 aliphatic heterocycles. The maximum Gasteiger partial charge on any atom is 0.534 e. The van der Waals surface area contributed by atoms with Crippen LogP contribution in [0.4, 0.5) is 13.2 Å². The molecule has 1 heterocycles. The molecule has 1 amide bonds. The topological polar surface area (TPSA) is 72.5 Å². The first kappa shape index (κ1) is 12.9. The van der Waals surface area contributed by atoms with Gasteiger partial charge in [-0.3, -0.25) is 4.79 Å². The zero-order chi connectivity index (χ0) is 12.7. The van der Waals surface area contributed by atoms with Gasteiger partial charge in [-0.15, -0.1) is 0 Å². The zero-order valence-electron chi connectivity index (χ0n) is 7.83. The van der Waals surface area contributed by atoms with Crippen molar-refractivity contribution in [1.82, 2.24) is 5.32 Å². The van der Waals surface area contributed by atoms with Crippen molar-refractivity contribution in [3.05, 3.63) is 11.3 Å². The first-order valence-electron chi connectivity index (χ1n) is 3.84. The molecule has 1 aliphatic rings. The van der Waals surface area contributed by atoms with Crippen LogP contribution in [0.2, 0.25) is 0 Å². The largest absolute Gasteiger partial charge is 0.534 e. The Balaban J connectivity index is 3.04. The van der Waals surface area contributed by atoms with E-state index in [1.165, 1.54) is 0 Å². The second kappa shape index (κ2) is 3.68. The zero-order valence-corrected chi connectivity index (χ0v) is 8.65. The molecule has 0 bridgehead atoms. The van der Waals surface area contributed by atoms with Crippen LogP contribution >= 0.6 is 0 Å². The van der Waals surface area contributed by atoms with Crippen LogP contribution in [0.25, 0.3) is 0 Å². The van der Waals surface area contributed by atoms with Crippen LogP contribution in [0.15, 0.2) is 11.3 Å². The van der Waals surface area contributed by atoms with Gasteiger partial charge in [0.05, 0.1) is 5.57 Å². The fourth-order valence-corrected chi connectivity index (χ4v) is 1.50. The number of nitrogens with one attached hydrogen (secondary N) is 1. The standard InChI is InChI=1S/C6H5BF3NO4S/c1-2-3(4(7)11-5(2)12)15-16(13,14)6(8,9)10/h4H,1H3,(H,11,12)/t4-/m1/s1. The summed E-state index contributed by atoms with van der Waals surface area (Å²) in [4.78, 5) is 10.9. The van der Waals surface area contributed by atoms with Gasteiger partial charge in [-0.1, -0.05) is 0 Å². The summed E-state index contributed by atoms with van der Waals surface area (Å²) in [7, 11) is -0.637. The van der Waals surface area contributed by atoms with Crippen molar-refractivity contribution < 1.29 is 30.6 Å². The summed E-state index contributed by atoms with van der Waals surface area (Å²) in [5.74, 6) is -2.92. The van der Waals surface area contributed by atoms with Gasteiger partial charge in [0.15, 0.2) is 0 Å². The Bertz CT molecular complexity index is 455. The second-order valence-corrected chi connectivity index (χ2v) is 4.46.